The van der Waals surface area contributed by atoms with Gasteiger partial charge in [-0.2, -0.15) is 5.26 Å². The van der Waals surface area contributed by atoms with Crippen molar-refractivity contribution in [3.8, 4) is 17.2 Å². The number of halogens is 2. The topological polar surface area (TPSA) is 116 Å². The lowest BCUT2D eigenvalue weighted by Crippen LogP contribution is -2.21. The Morgan fingerprint density at radius 2 is 1.47 bits per heavy atom. The number of carbonyl (C=O) groups is 1. The SMILES string of the molecule is CC.CC(=O)Nc1cc(Cl)cc(Cl)c1.CC(C)CCN1CCCC1.CS(N)(=O)=O.N#Cc1cccc(-c2ccccc2)c1. The van der Waals surface area contributed by atoms with Crippen LogP contribution in [-0.4, -0.2) is 45.1 Å². The van der Waals surface area contributed by atoms with Crippen molar-refractivity contribution in [2.45, 2.75) is 53.9 Å². The number of benzene rings is 3. The Morgan fingerprint density at radius 3 is 1.93 bits per heavy atom. The van der Waals surface area contributed by atoms with E-state index in [4.69, 9.17) is 28.5 Å². The maximum atomic E-state index is 10.6. The summed E-state index contributed by atoms with van der Waals surface area (Å²) in [7, 11) is -3.17. The Hall–Kier alpha value is -2.93. The van der Waals surface area contributed by atoms with Gasteiger partial charge in [-0.25, -0.2) is 13.6 Å². The first-order valence-electron chi connectivity index (χ1n) is 14.3. The molecule has 7 nitrogen and oxygen atoms in total. The van der Waals surface area contributed by atoms with Gasteiger partial charge in [0.25, 0.3) is 0 Å². The van der Waals surface area contributed by atoms with E-state index >= 15 is 0 Å². The predicted octanol–water partition coefficient (Wildman–Crippen LogP) is 8.24. The fraction of sp³-hybridized carbons (Fsp3) is 0.394. The molecule has 1 amide bonds. The lowest BCUT2D eigenvalue weighted by Gasteiger charge is -2.15. The number of nitrogens with zero attached hydrogens (tertiary/aromatic N) is 2. The number of nitrogens with two attached hydrogens (primary N) is 1. The molecule has 10 heteroatoms. The van der Waals surface area contributed by atoms with Gasteiger partial charge in [0.05, 0.1) is 17.9 Å². The van der Waals surface area contributed by atoms with Crippen LogP contribution < -0.4 is 10.5 Å². The van der Waals surface area contributed by atoms with Gasteiger partial charge in [-0.1, -0.05) is 93.4 Å². The van der Waals surface area contributed by atoms with Crippen LogP contribution in [-0.2, 0) is 14.8 Å². The van der Waals surface area contributed by atoms with Crippen molar-refractivity contribution < 1.29 is 13.2 Å². The number of amides is 1. The van der Waals surface area contributed by atoms with Gasteiger partial charge >= 0.3 is 0 Å². The highest BCUT2D eigenvalue weighted by Crippen LogP contribution is 2.22. The largest absolute Gasteiger partial charge is 0.326 e. The molecule has 236 valence electrons. The molecule has 43 heavy (non-hydrogen) atoms. The Morgan fingerprint density at radius 1 is 0.953 bits per heavy atom. The lowest BCUT2D eigenvalue weighted by atomic mass is 10.0. The van der Waals surface area contributed by atoms with E-state index < -0.39 is 10.0 Å². The minimum atomic E-state index is -3.17. The maximum Gasteiger partial charge on any atom is 0.221 e. The number of nitrogens with one attached hydrogen (secondary N) is 1. The summed E-state index contributed by atoms with van der Waals surface area (Å²) < 4.78 is 18.8. The highest BCUT2D eigenvalue weighted by atomic mass is 35.5. The predicted molar refractivity (Wildman–Crippen MR) is 183 cm³/mol. The molecule has 0 radical (unpaired) electrons. The van der Waals surface area contributed by atoms with Crippen molar-refractivity contribution in [1.82, 2.24) is 4.90 Å². The standard InChI is InChI=1S/C13H9N.C9H19N.C8H7Cl2NO.C2H6.CH5NO2S/c14-10-11-5-4-8-13(9-11)12-6-2-1-3-7-12;1-9(2)5-8-10-6-3-4-7-10;1-5(12)11-8-3-6(9)2-7(10)4-8;1-2;1-5(2,3)4/h1-9H;9H,3-8H2,1-2H3;2-4H,1H3,(H,11,12);1-2H3;1H3,(H2,2,3,4). The molecule has 0 unspecified atom stereocenters. The second kappa shape index (κ2) is 22.6. The molecule has 0 saturated carbocycles. The van der Waals surface area contributed by atoms with Gasteiger partial charge in [-0.3, -0.25) is 4.79 Å². The zero-order valence-electron chi connectivity index (χ0n) is 26.1. The van der Waals surface area contributed by atoms with Gasteiger partial charge < -0.3 is 10.2 Å². The molecule has 0 spiro atoms. The number of hydrogen-bond acceptors (Lipinski definition) is 5. The molecule has 0 aliphatic carbocycles. The van der Waals surface area contributed by atoms with E-state index in [0.717, 1.165) is 23.3 Å². The summed E-state index contributed by atoms with van der Waals surface area (Å²) in [6, 6.07) is 24.7. The summed E-state index contributed by atoms with van der Waals surface area (Å²) in [4.78, 5) is 13.2. The van der Waals surface area contributed by atoms with Crippen LogP contribution in [0.25, 0.3) is 11.1 Å². The monoisotopic (exact) mass is 648 g/mol. The molecule has 3 N–H and O–H groups in total. The summed E-state index contributed by atoms with van der Waals surface area (Å²) in [5, 5.41) is 16.7. The highest BCUT2D eigenvalue weighted by molar-refractivity contribution is 7.88. The Bertz CT molecular complexity index is 1330. The van der Waals surface area contributed by atoms with E-state index in [0.29, 0.717) is 21.3 Å². The zero-order valence-corrected chi connectivity index (χ0v) is 28.4. The van der Waals surface area contributed by atoms with E-state index in [1.807, 2.05) is 68.4 Å². The summed E-state index contributed by atoms with van der Waals surface area (Å²) in [5.41, 5.74) is 3.54. The van der Waals surface area contributed by atoms with E-state index in [1.54, 1.807) is 18.2 Å². The average molecular weight is 650 g/mol. The quantitative estimate of drug-likeness (QED) is 0.289. The minimum Gasteiger partial charge on any atom is -0.326 e. The van der Waals surface area contributed by atoms with Crippen molar-refractivity contribution in [3.63, 3.8) is 0 Å². The molecule has 1 aliphatic rings. The maximum absolute atomic E-state index is 10.6. The van der Waals surface area contributed by atoms with Crippen LogP contribution in [0.3, 0.4) is 0 Å². The fourth-order valence-corrected chi connectivity index (χ4v) is 4.20. The fourth-order valence-electron chi connectivity index (χ4n) is 3.68. The van der Waals surface area contributed by atoms with Crippen LogP contribution in [0.2, 0.25) is 10.0 Å². The van der Waals surface area contributed by atoms with Gasteiger partial charge in [0.2, 0.25) is 15.9 Å². The molecule has 1 heterocycles. The van der Waals surface area contributed by atoms with E-state index in [-0.39, 0.29) is 5.91 Å². The highest BCUT2D eigenvalue weighted by Gasteiger charge is 2.10. The summed E-state index contributed by atoms with van der Waals surface area (Å²) in [6.45, 7) is 14.1. The lowest BCUT2D eigenvalue weighted by molar-refractivity contribution is -0.114. The second-order valence-corrected chi connectivity index (χ2v) is 12.5. The van der Waals surface area contributed by atoms with Gasteiger partial charge in [-0.05, 0) is 86.3 Å². The number of nitriles is 1. The number of hydrogen-bond donors (Lipinski definition) is 2. The Labute approximate surface area is 269 Å². The van der Waals surface area contributed by atoms with Gasteiger partial charge in [0, 0.05) is 22.7 Å². The van der Waals surface area contributed by atoms with Crippen molar-refractivity contribution in [2.24, 2.45) is 11.1 Å². The average Bonchev–Trinajstić information content (AvgIpc) is 3.46. The van der Waals surface area contributed by atoms with Crippen LogP contribution in [0.1, 0.15) is 59.4 Å². The number of sulfonamides is 1. The van der Waals surface area contributed by atoms with Crippen molar-refractivity contribution in [3.05, 3.63) is 88.4 Å². The third-order valence-electron chi connectivity index (χ3n) is 5.50. The Kier molecular flexibility index (Phi) is 21.0. The van der Waals surface area contributed by atoms with Gasteiger partial charge in [-0.15, -0.1) is 0 Å². The smallest absolute Gasteiger partial charge is 0.221 e. The third-order valence-corrected chi connectivity index (χ3v) is 5.94. The minimum absolute atomic E-state index is 0.145. The van der Waals surface area contributed by atoms with E-state index in [1.165, 1.54) is 45.8 Å². The molecule has 3 aromatic rings. The normalized spacial score (nSPS) is 12.0. The molecule has 1 fully saturated rings. The summed E-state index contributed by atoms with van der Waals surface area (Å²) >= 11 is 11.4. The number of carbonyl (C=O) groups excluding carboxylic acids is 1. The number of likely N-dealkylation sites (tertiary alicyclic amines) is 1. The Balaban J connectivity index is 0.000000562. The van der Waals surface area contributed by atoms with Crippen LogP contribution in [0, 0.1) is 17.2 Å². The first-order valence-corrected chi connectivity index (χ1v) is 17.0. The van der Waals surface area contributed by atoms with E-state index in [2.05, 4.69) is 35.3 Å². The zero-order chi connectivity index (χ0) is 32.8. The number of anilines is 1. The second-order valence-electron chi connectivity index (χ2n) is 9.96. The van der Waals surface area contributed by atoms with E-state index in [9.17, 15) is 13.2 Å². The van der Waals surface area contributed by atoms with Crippen molar-refractivity contribution in [1.29, 1.82) is 5.26 Å². The summed E-state index contributed by atoms with van der Waals surface area (Å²) in [5.74, 6) is 0.730. The van der Waals surface area contributed by atoms with Crippen LogP contribution in [0.4, 0.5) is 5.69 Å². The summed E-state index contributed by atoms with van der Waals surface area (Å²) in [6.07, 6.45) is 5.17. The molecular formula is C33H46Cl2N4O3S. The molecule has 1 saturated heterocycles. The van der Waals surface area contributed by atoms with Crippen LogP contribution >= 0.6 is 23.2 Å². The molecule has 0 atom stereocenters. The van der Waals surface area contributed by atoms with Crippen molar-refractivity contribution in [2.75, 3.05) is 31.2 Å². The number of rotatable bonds is 5. The van der Waals surface area contributed by atoms with Crippen molar-refractivity contribution >= 4 is 44.8 Å². The molecule has 4 rings (SSSR count). The van der Waals surface area contributed by atoms with Gasteiger partial charge in [0.1, 0.15) is 0 Å². The van der Waals surface area contributed by atoms with Crippen LogP contribution in [0.5, 0.6) is 0 Å². The van der Waals surface area contributed by atoms with Gasteiger partial charge in [0.15, 0.2) is 0 Å². The first kappa shape index (κ1) is 40.1. The van der Waals surface area contributed by atoms with Crippen LogP contribution in [0.15, 0.2) is 72.8 Å². The molecule has 0 bridgehead atoms. The number of primary sulfonamides is 1. The third kappa shape index (κ3) is 22.3. The molecule has 1 aliphatic heterocycles. The molecule has 3 aromatic carbocycles. The molecule has 0 aromatic heterocycles. The first-order chi connectivity index (χ1) is 20.3. The molecular weight excluding hydrogens is 603 g/mol.